The number of aryl methyl sites for hydroxylation is 1. The molecule has 3 heterocycles. The van der Waals surface area contributed by atoms with Crippen molar-refractivity contribution in [2.45, 2.75) is 40.3 Å². The molecule has 0 aliphatic rings. The van der Waals surface area contributed by atoms with E-state index in [2.05, 4.69) is 33.9 Å². The Labute approximate surface area is 170 Å². The fourth-order valence-corrected chi connectivity index (χ4v) is 3.09. The zero-order valence-electron chi connectivity index (χ0n) is 17.4. The molecule has 0 unspecified atom stereocenters. The molecule has 1 amide bonds. The number of hydrogen-bond donors (Lipinski definition) is 0. The molecular weight excluding hydrogens is 370 g/mol. The average Bonchev–Trinajstić information content (AvgIpc) is 3.38. The van der Waals surface area contributed by atoms with E-state index in [0.29, 0.717) is 17.5 Å². The summed E-state index contributed by atoms with van der Waals surface area (Å²) in [5, 5.41) is 3.96. The van der Waals surface area contributed by atoms with Gasteiger partial charge in [-0.15, -0.1) is 0 Å². The fraction of sp³-hybridized carbons (Fsp3) is 0.429. The van der Waals surface area contributed by atoms with Crippen molar-refractivity contribution in [1.82, 2.24) is 24.9 Å². The van der Waals surface area contributed by atoms with Gasteiger partial charge >= 0.3 is 0 Å². The Balaban J connectivity index is 1.70. The number of furan rings is 1. The molecule has 0 saturated heterocycles. The molecule has 3 aromatic rings. The number of hydrogen-bond acceptors (Lipinski definition) is 7. The van der Waals surface area contributed by atoms with Gasteiger partial charge in [-0.05, 0) is 31.3 Å². The Morgan fingerprint density at radius 2 is 1.97 bits per heavy atom. The Morgan fingerprint density at radius 3 is 2.62 bits per heavy atom. The van der Waals surface area contributed by atoms with Gasteiger partial charge in [-0.2, -0.15) is 4.98 Å². The molecule has 0 aliphatic heterocycles. The number of aromatic nitrogens is 3. The third-order valence-electron chi connectivity index (χ3n) is 4.82. The predicted molar refractivity (Wildman–Crippen MR) is 108 cm³/mol. The lowest BCUT2D eigenvalue weighted by molar-refractivity contribution is 0.0736. The summed E-state index contributed by atoms with van der Waals surface area (Å²) in [6.45, 7) is 9.14. The Kier molecular flexibility index (Phi) is 6.77. The minimum atomic E-state index is -0.216. The molecule has 0 fully saturated rings. The van der Waals surface area contributed by atoms with Gasteiger partial charge in [0.05, 0.1) is 0 Å². The molecular formula is C21H27N5O3. The second kappa shape index (κ2) is 9.47. The standard InChI is InChI=1S/C21H27N5O3/c1-5-17-16(13-26(6-2)7-3)11-18(28-17)21(27)25(4)14-19-23-20(24-29-19)15-9-8-10-22-12-15/h8-12H,5-7,13-14H2,1-4H3. The fourth-order valence-electron chi connectivity index (χ4n) is 3.09. The quantitative estimate of drug-likeness (QED) is 0.547. The van der Waals surface area contributed by atoms with Crippen LogP contribution >= 0.6 is 0 Å². The first-order valence-electron chi connectivity index (χ1n) is 9.88. The van der Waals surface area contributed by atoms with E-state index in [4.69, 9.17) is 8.94 Å². The molecule has 3 aromatic heterocycles. The average molecular weight is 397 g/mol. The van der Waals surface area contributed by atoms with E-state index in [1.165, 1.54) is 4.90 Å². The van der Waals surface area contributed by atoms with Crippen molar-refractivity contribution in [2.75, 3.05) is 20.1 Å². The van der Waals surface area contributed by atoms with Crippen LogP contribution in [0.25, 0.3) is 11.4 Å². The molecule has 0 aliphatic carbocycles. The number of carbonyl (C=O) groups excluding carboxylic acids is 1. The first-order valence-corrected chi connectivity index (χ1v) is 9.88. The summed E-state index contributed by atoms with van der Waals surface area (Å²) in [7, 11) is 1.69. The number of amides is 1. The van der Waals surface area contributed by atoms with Crippen molar-refractivity contribution in [3.8, 4) is 11.4 Å². The topological polar surface area (TPSA) is 88.5 Å². The molecule has 0 radical (unpaired) electrons. The highest BCUT2D eigenvalue weighted by molar-refractivity contribution is 5.91. The maximum Gasteiger partial charge on any atom is 0.289 e. The lowest BCUT2D eigenvalue weighted by Gasteiger charge is -2.17. The molecule has 0 spiro atoms. The number of carbonyl (C=O) groups is 1. The Morgan fingerprint density at radius 1 is 1.17 bits per heavy atom. The molecule has 29 heavy (non-hydrogen) atoms. The molecule has 0 saturated carbocycles. The summed E-state index contributed by atoms with van der Waals surface area (Å²) in [5.74, 6) is 1.77. The van der Waals surface area contributed by atoms with Crippen LogP contribution in [0.1, 0.15) is 48.5 Å². The van der Waals surface area contributed by atoms with Crippen molar-refractivity contribution < 1.29 is 13.7 Å². The molecule has 8 nitrogen and oxygen atoms in total. The van der Waals surface area contributed by atoms with Crippen LogP contribution in [0.4, 0.5) is 0 Å². The van der Waals surface area contributed by atoms with Crippen LogP contribution in [0.15, 0.2) is 39.5 Å². The number of pyridine rings is 1. The Hall–Kier alpha value is -3.00. The summed E-state index contributed by atoms with van der Waals surface area (Å²) in [5.41, 5.74) is 1.82. The van der Waals surface area contributed by atoms with Crippen molar-refractivity contribution >= 4 is 5.91 Å². The summed E-state index contributed by atoms with van der Waals surface area (Å²) < 4.78 is 11.1. The second-order valence-electron chi connectivity index (χ2n) is 6.79. The van der Waals surface area contributed by atoms with Crippen LogP contribution in [0.3, 0.4) is 0 Å². The Bertz CT molecular complexity index is 931. The minimum Gasteiger partial charge on any atom is -0.456 e. The van der Waals surface area contributed by atoms with Gasteiger partial charge in [0.25, 0.3) is 5.91 Å². The lowest BCUT2D eigenvalue weighted by atomic mass is 10.2. The zero-order valence-corrected chi connectivity index (χ0v) is 17.4. The smallest absolute Gasteiger partial charge is 0.289 e. The van der Waals surface area contributed by atoms with Crippen molar-refractivity contribution in [3.05, 3.63) is 53.6 Å². The van der Waals surface area contributed by atoms with Crippen LogP contribution in [0.5, 0.6) is 0 Å². The number of rotatable bonds is 9. The van der Waals surface area contributed by atoms with Crippen molar-refractivity contribution in [1.29, 1.82) is 0 Å². The summed E-state index contributed by atoms with van der Waals surface area (Å²) in [6.07, 6.45) is 4.08. The van der Waals surface area contributed by atoms with Gasteiger partial charge in [0.1, 0.15) is 12.3 Å². The summed E-state index contributed by atoms with van der Waals surface area (Å²) in [6, 6.07) is 5.51. The first-order chi connectivity index (χ1) is 14.0. The molecule has 154 valence electrons. The maximum absolute atomic E-state index is 12.9. The van der Waals surface area contributed by atoms with Crippen LogP contribution in [0.2, 0.25) is 0 Å². The highest BCUT2D eigenvalue weighted by atomic mass is 16.5. The highest BCUT2D eigenvalue weighted by Crippen LogP contribution is 2.21. The van der Waals surface area contributed by atoms with Gasteiger partial charge in [-0.3, -0.25) is 14.7 Å². The third-order valence-corrected chi connectivity index (χ3v) is 4.82. The van der Waals surface area contributed by atoms with Crippen LogP contribution in [-0.2, 0) is 19.5 Å². The molecule has 8 heteroatoms. The molecule has 0 atom stereocenters. The van der Waals surface area contributed by atoms with E-state index in [0.717, 1.165) is 42.9 Å². The molecule has 0 aromatic carbocycles. The van der Waals surface area contributed by atoms with Gasteiger partial charge in [-0.25, -0.2) is 0 Å². The summed E-state index contributed by atoms with van der Waals surface area (Å²) >= 11 is 0. The van der Waals surface area contributed by atoms with Gasteiger partial charge < -0.3 is 13.8 Å². The zero-order chi connectivity index (χ0) is 20.8. The predicted octanol–water partition coefficient (Wildman–Crippen LogP) is 3.40. The minimum absolute atomic E-state index is 0.194. The van der Waals surface area contributed by atoms with Crippen molar-refractivity contribution in [2.24, 2.45) is 0 Å². The van der Waals surface area contributed by atoms with E-state index >= 15 is 0 Å². The van der Waals surface area contributed by atoms with Gasteiger partial charge in [-0.1, -0.05) is 25.9 Å². The molecule has 3 rings (SSSR count). The van der Waals surface area contributed by atoms with E-state index < -0.39 is 0 Å². The van der Waals surface area contributed by atoms with Gasteiger partial charge in [0.2, 0.25) is 11.7 Å². The highest BCUT2D eigenvalue weighted by Gasteiger charge is 2.22. The lowest BCUT2D eigenvalue weighted by Crippen LogP contribution is -2.26. The third kappa shape index (κ3) is 4.89. The first kappa shape index (κ1) is 20.7. The number of nitrogens with zero attached hydrogens (tertiary/aromatic N) is 5. The van der Waals surface area contributed by atoms with Crippen LogP contribution in [-0.4, -0.2) is 51.0 Å². The van der Waals surface area contributed by atoms with Crippen LogP contribution < -0.4 is 0 Å². The normalized spacial score (nSPS) is 11.2. The van der Waals surface area contributed by atoms with Gasteiger partial charge in [0.15, 0.2) is 5.76 Å². The molecule has 0 bridgehead atoms. The molecule has 0 N–H and O–H groups in total. The summed E-state index contributed by atoms with van der Waals surface area (Å²) in [4.78, 5) is 25.1. The van der Waals surface area contributed by atoms with E-state index in [1.807, 2.05) is 19.1 Å². The van der Waals surface area contributed by atoms with Crippen LogP contribution in [0, 0.1) is 0 Å². The van der Waals surface area contributed by atoms with E-state index in [9.17, 15) is 4.79 Å². The van der Waals surface area contributed by atoms with Gasteiger partial charge in [0, 0.05) is 43.5 Å². The maximum atomic E-state index is 12.9. The second-order valence-corrected chi connectivity index (χ2v) is 6.79. The monoisotopic (exact) mass is 397 g/mol. The van der Waals surface area contributed by atoms with E-state index in [-0.39, 0.29) is 12.5 Å². The van der Waals surface area contributed by atoms with Crippen molar-refractivity contribution in [3.63, 3.8) is 0 Å². The van der Waals surface area contributed by atoms with E-state index in [1.54, 1.807) is 25.5 Å². The largest absolute Gasteiger partial charge is 0.456 e. The SMILES string of the molecule is CCc1oc(C(=O)N(C)Cc2nc(-c3cccnc3)no2)cc1CN(CC)CC.